The molecule has 3 N–H and O–H groups in total. The molecule has 6 nitrogen and oxygen atoms in total. The highest BCUT2D eigenvalue weighted by molar-refractivity contribution is 5.85. The summed E-state index contributed by atoms with van der Waals surface area (Å²) < 4.78 is 1.85. The number of aryl methyl sites for hydroxylation is 1. The van der Waals surface area contributed by atoms with Crippen LogP contribution in [-0.2, 0) is 11.8 Å². The number of hydrogen-bond acceptors (Lipinski definition) is 4. The maximum atomic E-state index is 12.3. The lowest BCUT2D eigenvalue weighted by Crippen LogP contribution is -2.47. The molecule has 0 bridgehead atoms. The zero-order valence-electron chi connectivity index (χ0n) is 14.0. The fourth-order valence-corrected chi connectivity index (χ4v) is 3.09. The number of unbranched alkanes of at least 4 members (excludes halogenated alkanes) is 1. The van der Waals surface area contributed by atoms with Crippen LogP contribution in [0.15, 0.2) is 12.4 Å². The molecule has 1 amide bonds. The lowest BCUT2D eigenvalue weighted by Gasteiger charge is -2.35. The summed E-state index contributed by atoms with van der Waals surface area (Å²) in [7, 11) is 1.89. The minimum absolute atomic E-state index is 0. The van der Waals surface area contributed by atoms with Gasteiger partial charge in [-0.2, -0.15) is 0 Å². The lowest BCUT2D eigenvalue weighted by atomic mass is 9.90. The number of carbonyl (C=O) groups excluding carboxylic acids is 1. The number of amides is 1. The molecule has 7 heteroatoms. The molecular formula is C16H29ClN4O2. The Kier molecular flexibility index (Phi) is 8.02. The molecule has 23 heavy (non-hydrogen) atoms. The van der Waals surface area contributed by atoms with E-state index in [1.165, 1.54) is 0 Å². The van der Waals surface area contributed by atoms with Gasteiger partial charge in [0.2, 0.25) is 5.91 Å². The highest BCUT2D eigenvalue weighted by atomic mass is 35.5. The summed E-state index contributed by atoms with van der Waals surface area (Å²) in [6, 6.07) is -0.379. The number of nitrogens with two attached hydrogens (primary N) is 1. The second-order valence-electron chi connectivity index (χ2n) is 6.25. The Bertz CT molecular complexity index is 486. The first kappa shape index (κ1) is 19.9. The number of hydrogen-bond donors (Lipinski definition) is 2. The maximum Gasteiger partial charge on any atom is 0.239 e. The number of aromatic nitrogens is 2. The first-order valence-electron chi connectivity index (χ1n) is 8.24. The number of aliphatic hydroxyl groups excluding tert-OH is 1. The molecule has 1 aliphatic rings. The molecule has 0 saturated carbocycles. The Hall–Kier alpha value is -1.11. The van der Waals surface area contributed by atoms with Crippen LogP contribution in [-0.4, -0.2) is 44.6 Å². The molecule has 1 aliphatic heterocycles. The van der Waals surface area contributed by atoms with E-state index in [0.717, 1.165) is 32.1 Å². The van der Waals surface area contributed by atoms with Gasteiger partial charge in [0.1, 0.15) is 11.9 Å². The van der Waals surface area contributed by atoms with E-state index in [1.807, 2.05) is 22.7 Å². The van der Waals surface area contributed by atoms with Gasteiger partial charge in [-0.05, 0) is 25.2 Å². The first-order valence-corrected chi connectivity index (χ1v) is 8.24. The van der Waals surface area contributed by atoms with Crippen LogP contribution in [0.4, 0.5) is 0 Å². The summed E-state index contributed by atoms with van der Waals surface area (Å²) in [5, 5.41) is 10.5. The first-order chi connectivity index (χ1) is 10.5. The van der Waals surface area contributed by atoms with Gasteiger partial charge in [0.15, 0.2) is 0 Å². The van der Waals surface area contributed by atoms with Crippen LogP contribution in [0.2, 0.25) is 0 Å². The molecule has 1 saturated heterocycles. The molecule has 0 spiro atoms. The van der Waals surface area contributed by atoms with Crippen LogP contribution in [0.25, 0.3) is 0 Å². The van der Waals surface area contributed by atoms with Crippen LogP contribution >= 0.6 is 12.4 Å². The van der Waals surface area contributed by atoms with Gasteiger partial charge in [0.05, 0.1) is 6.04 Å². The molecule has 2 rings (SSSR count). The predicted molar refractivity (Wildman–Crippen MR) is 92.2 cm³/mol. The van der Waals surface area contributed by atoms with E-state index in [1.54, 1.807) is 6.20 Å². The Morgan fingerprint density at radius 3 is 2.65 bits per heavy atom. The highest BCUT2D eigenvalue weighted by Gasteiger charge is 2.31. The molecule has 132 valence electrons. The van der Waals surface area contributed by atoms with Crippen molar-refractivity contribution in [2.45, 2.75) is 51.2 Å². The highest BCUT2D eigenvalue weighted by Crippen LogP contribution is 2.29. The zero-order chi connectivity index (χ0) is 16.1. The van der Waals surface area contributed by atoms with Crippen LogP contribution in [0, 0.1) is 5.92 Å². The number of aliphatic hydroxyl groups is 1. The minimum Gasteiger partial charge on any atom is -0.385 e. The molecule has 0 aliphatic carbocycles. The van der Waals surface area contributed by atoms with Crippen molar-refractivity contribution in [1.82, 2.24) is 14.5 Å². The summed E-state index contributed by atoms with van der Waals surface area (Å²) in [6.45, 7) is 3.44. The number of nitrogens with zero attached hydrogens (tertiary/aromatic N) is 3. The molecule has 2 unspecified atom stereocenters. The maximum absolute atomic E-state index is 12.3. The molecule has 1 aromatic rings. The Morgan fingerprint density at radius 2 is 2.13 bits per heavy atom. The van der Waals surface area contributed by atoms with Crippen molar-refractivity contribution in [3.63, 3.8) is 0 Å². The fourth-order valence-electron chi connectivity index (χ4n) is 3.09. The Labute approximate surface area is 144 Å². The van der Waals surface area contributed by atoms with Crippen molar-refractivity contribution < 1.29 is 9.90 Å². The minimum atomic E-state index is -0.564. The third-order valence-corrected chi connectivity index (χ3v) is 4.61. The van der Waals surface area contributed by atoms with E-state index in [9.17, 15) is 9.90 Å². The van der Waals surface area contributed by atoms with Crippen LogP contribution in [0.1, 0.15) is 51.0 Å². The van der Waals surface area contributed by atoms with Crippen molar-refractivity contribution in [1.29, 1.82) is 0 Å². The standard InChI is InChI=1S/C16H28N4O2.ClH/c1-3-4-5-13(17)16(22)20-9-6-12(7-10-20)14(21)15-18-8-11-19(15)2;/h8,11-14,21H,3-7,9-10,17H2,1-2H3;1H. The zero-order valence-corrected chi connectivity index (χ0v) is 14.8. The summed E-state index contributed by atoms with van der Waals surface area (Å²) in [4.78, 5) is 18.4. The molecule has 2 atom stereocenters. The summed E-state index contributed by atoms with van der Waals surface area (Å²) >= 11 is 0. The number of carbonyl (C=O) groups is 1. The van der Waals surface area contributed by atoms with E-state index in [2.05, 4.69) is 11.9 Å². The SMILES string of the molecule is CCCCC(N)C(=O)N1CCC(C(O)c2nccn2C)CC1.Cl. The van der Waals surface area contributed by atoms with E-state index in [4.69, 9.17) is 5.73 Å². The lowest BCUT2D eigenvalue weighted by molar-refractivity contribution is -0.134. The van der Waals surface area contributed by atoms with Gasteiger partial charge in [-0.3, -0.25) is 4.79 Å². The van der Waals surface area contributed by atoms with Gasteiger partial charge in [-0.1, -0.05) is 19.8 Å². The summed E-state index contributed by atoms with van der Waals surface area (Å²) in [5.41, 5.74) is 5.97. The Balaban J connectivity index is 0.00000264. The van der Waals surface area contributed by atoms with Crippen molar-refractivity contribution >= 4 is 18.3 Å². The third-order valence-electron chi connectivity index (χ3n) is 4.61. The van der Waals surface area contributed by atoms with Crippen molar-refractivity contribution in [2.24, 2.45) is 18.7 Å². The second kappa shape index (κ2) is 9.25. The van der Waals surface area contributed by atoms with Gasteiger partial charge < -0.3 is 20.3 Å². The predicted octanol–water partition coefficient (Wildman–Crippen LogP) is 1.63. The molecular weight excluding hydrogens is 316 g/mol. The van der Waals surface area contributed by atoms with E-state index < -0.39 is 6.10 Å². The van der Waals surface area contributed by atoms with Crippen molar-refractivity contribution in [2.75, 3.05) is 13.1 Å². The number of likely N-dealkylation sites (tertiary alicyclic amines) is 1. The Morgan fingerprint density at radius 1 is 1.48 bits per heavy atom. The third kappa shape index (κ3) is 4.93. The fraction of sp³-hybridized carbons (Fsp3) is 0.750. The quantitative estimate of drug-likeness (QED) is 0.821. The van der Waals surface area contributed by atoms with Gasteiger partial charge >= 0.3 is 0 Å². The van der Waals surface area contributed by atoms with Crippen LogP contribution < -0.4 is 5.73 Å². The topological polar surface area (TPSA) is 84.4 Å². The number of rotatable bonds is 6. The van der Waals surface area contributed by atoms with Gasteiger partial charge in [-0.25, -0.2) is 4.98 Å². The van der Waals surface area contributed by atoms with Crippen molar-refractivity contribution in [3.05, 3.63) is 18.2 Å². The van der Waals surface area contributed by atoms with Crippen LogP contribution in [0.5, 0.6) is 0 Å². The van der Waals surface area contributed by atoms with E-state index in [0.29, 0.717) is 18.9 Å². The van der Waals surface area contributed by atoms with E-state index >= 15 is 0 Å². The summed E-state index contributed by atoms with van der Waals surface area (Å²) in [5.74, 6) is 0.903. The number of piperidine rings is 1. The van der Waals surface area contributed by atoms with Crippen LogP contribution in [0.3, 0.4) is 0 Å². The molecule has 0 aromatic carbocycles. The van der Waals surface area contributed by atoms with Crippen molar-refractivity contribution in [3.8, 4) is 0 Å². The van der Waals surface area contributed by atoms with Gasteiger partial charge in [0, 0.05) is 32.5 Å². The largest absolute Gasteiger partial charge is 0.385 e. The normalized spacial score (nSPS) is 18.3. The monoisotopic (exact) mass is 344 g/mol. The van der Waals surface area contributed by atoms with Gasteiger partial charge in [0.25, 0.3) is 0 Å². The van der Waals surface area contributed by atoms with E-state index in [-0.39, 0.29) is 30.3 Å². The molecule has 2 heterocycles. The molecule has 1 aromatic heterocycles. The average Bonchev–Trinajstić information content (AvgIpc) is 2.97. The molecule has 0 radical (unpaired) electrons. The van der Waals surface area contributed by atoms with Gasteiger partial charge in [-0.15, -0.1) is 12.4 Å². The molecule has 1 fully saturated rings. The number of imidazole rings is 1. The number of halogens is 1. The smallest absolute Gasteiger partial charge is 0.239 e. The second-order valence-corrected chi connectivity index (χ2v) is 6.25. The summed E-state index contributed by atoms with van der Waals surface area (Å²) in [6.07, 6.45) is 7.35. The average molecular weight is 345 g/mol.